The molecule has 2 rings (SSSR count). The second-order valence-corrected chi connectivity index (χ2v) is 10.7. The van der Waals surface area contributed by atoms with Crippen molar-refractivity contribution in [1.82, 2.24) is 0 Å². The smallest absolute Gasteiger partial charge is 0.174 e. The molecule has 0 fully saturated rings. The van der Waals surface area contributed by atoms with Crippen LogP contribution >= 0.6 is 22.7 Å². The largest absolute Gasteiger partial charge is 0.293 e. The summed E-state index contributed by atoms with van der Waals surface area (Å²) in [6.07, 6.45) is 10.3. The molecule has 2 aromatic rings. The molecule has 0 bridgehead atoms. The van der Waals surface area contributed by atoms with Gasteiger partial charge in [-0.1, -0.05) is 65.2 Å². The summed E-state index contributed by atoms with van der Waals surface area (Å²) < 4.78 is 0. The lowest BCUT2D eigenvalue weighted by molar-refractivity contribution is 0.0974. The summed E-state index contributed by atoms with van der Waals surface area (Å²) in [6.45, 7) is 4.23. The zero-order valence-corrected chi connectivity index (χ0v) is 22.5. The van der Waals surface area contributed by atoms with E-state index < -0.39 is 0 Å². The van der Waals surface area contributed by atoms with E-state index in [2.05, 4.69) is 13.8 Å². The van der Waals surface area contributed by atoms with Crippen LogP contribution in [0, 0.1) is 45.3 Å². The van der Waals surface area contributed by atoms with Gasteiger partial charge in [0.1, 0.15) is 24.3 Å². The van der Waals surface area contributed by atoms with E-state index in [4.69, 9.17) is 0 Å². The second kappa shape index (κ2) is 15.0. The number of unbranched alkanes of at least 4 members (excludes halogenated alkanes) is 8. The Kier molecular flexibility index (Phi) is 12.0. The van der Waals surface area contributed by atoms with Gasteiger partial charge >= 0.3 is 0 Å². The van der Waals surface area contributed by atoms with E-state index in [9.17, 15) is 30.6 Å². The SMILES string of the molecule is CCCCCCCC(=O)c1sc(-c2sc(C(=O)CCCCCCC)c(C#N)c2C#N)c(C#N)c1C#N. The zero-order valence-electron chi connectivity index (χ0n) is 20.9. The van der Waals surface area contributed by atoms with E-state index in [0.717, 1.165) is 74.0 Å². The Bertz CT molecular complexity index is 1160. The molecule has 0 saturated carbocycles. The summed E-state index contributed by atoms with van der Waals surface area (Å²) in [5.74, 6) is -0.399. The Balaban J connectivity index is 2.43. The van der Waals surface area contributed by atoms with Crippen LogP contribution in [-0.2, 0) is 0 Å². The van der Waals surface area contributed by atoms with Crippen molar-refractivity contribution in [1.29, 1.82) is 21.0 Å². The number of carbonyl (C=O) groups excluding carboxylic acids is 2. The second-order valence-electron chi connectivity index (χ2n) is 8.64. The fourth-order valence-corrected chi connectivity index (χ4v) is 6.49. The molecular formula is C28H30N4O2S2. The van der Waals surface area contributed by atoms with E-state index in [1.54, 1.807) is 0 Å². The van der Waals surface area contributed by atoms with Crippen molar-refractivity contribution in [2.45, 2.75) is 90.9 Å². The monoisotopic (exact) mass is 518 g/mol. The Morgan fingerprint density at radius 2 is 0.889 bits per heavy atom. The van der Waals surface area contributed by atoms with Gasteiger partial charge in [-0.25, -0.2) is 0 Å². The van der Waals surface area contributed by atoms with Crippen LogP contribution in [0.25, 0.3) is 9.75 Å². The van der Waals surface area contributed by atoms with Gasteiger partial charge in [0.05, 0.1) is 41.8 Å². The van der Waals surface area contributed by atoms with Crippen LogP contribution in [0.3, 0.4) is 0 Å². The van der Waals surface area contributed by atoms with Crippen LogP contribution in [0.2, 0.25) is 0 Å². The van der Waals surface area contributed by atoms with Crippen LogP contribution in [0.4, 0.5) is 0 Å². The molecule has 36 heavy (non-hydrogen) atoms. The first-order valence-electron chi connectivity index (χ1n) is 12.5. The molecule has 0 unspecified atom stereocenters. The topological polar surface area (TPSA) is 129 Å². The normalized spacial score (nSPS) is 10.3. The first-order chi connectivity index (χ1) is 17.5. The number of rotatable bonds is 15. The lowest BCUT2D eigenvalue weighted by atomic mass is 10.0. The van der Waals surface area contributed by atoms with Gasteiger partial charge in [0.2, 0.25) is 0 Å². The Morgan fingerprint density at radius 1 is 0.556 bits per heavy atom. The minimum atomic E-state index is -0.199. The third-order valence-corrected chi connectivity index (χ3v) is 8.62. The quantitative estimate of drug-likeness (QED) is 0.173. The van der Waals surface area contributed by atoms with Crippen LogP contribution in [0.5, 0.6) is 0 Å². The van der Waals surface area contributed by atoms with E-state index in [-0.39, 0.29) is 56.4 Å². The fourth-order valence-electron chi connectivity index (χ4n) is 4.01. The van der Waals surface area contributed by atoms with Gasteiger partial charge in [0.25, 0.3) is 0 Å². The van der Waals surface area contributed by atoms with Gasteiger partial charge in [0.15, 0.2) is 11.6 Å². The molecule has 0 N–H and O–H groups in total. The standard InChI is InChI=1S/C28H30N4O2S2/c1-3-5-7-9-11-13-23(33)25-19(15-29)21(17-31)27(35-25)28-22(18-32)20(16-30)26(36-28)24(34)14-12-10-8-6-4-2/h3-14H2,1-2H3. The van der Waals surface area contributed by atoms with Crippen LogP contribution in [0.15, 0.2) is 0 Å². The molecule has 2 heterocycles. The lowest BCUT2D eigenvalue weighted by Gasteiger charge is -1.99. The maximum absolute atomic E-state index is 12.9. The minimum Gasteiger partial charge on any atom is -0.293 e. The molecule has 0 aliphatic carbocycles. The van der Waals surface area contributed by atoms with Crippen molar-refractivity contribution >= 4 is 34.2 Å². The summed E-state index contributed by atoms with van der Waals surface area (Å²) in [5, 5.41) is 39.2. The first-order valence-corrected chi connectivity index (χ1v) is 14.1. The van der Waals surface area contributed by atoms with E-state index in [1.165, 1.54) is 0 Å². The van der Waals surface area contributed by atoms with Crippen molar-refractivity contribution in [2.75, 3.05) is 0 Å². The summed E-state index contributed by atoms with van der Waals surface area (Å²) in [7, 11) is 0. The Hall–Kier alpha value is -3.30. The number of nitrogens with zero attached hydrogens (tertiary/aromatic N) is 4. The highest BCUT2D eigenvalue weighted by molar-refractivity contribution is 7.24. The highest BCUT2D eigenvalue weighted by atomic mass is 32.1. The van der Waals surface area contributed by atoms with Crippen molar-refractivity contribution in [2.24, 2.45) is 0 Å². The molecule has 0 radical (unpaired) electrons. The molecule has 0 spiro atoms. The predicted octanol–water partition coefficient (Wildman–Crippen LogP) is 8.05. The van der Waals surface area contributed by atoms with E-state index in [0.29, 0.717) is 22.6 Å². The third-order valence-electron chi connectivity index (χ3n) is 5.99. The van der Waals surface area contributed by atoms with E-state index in [1.807, 2.05) is 24.3 Å². The molecule has 0 aliphatic heterocycles. The lowest BCUT2D eigenvalue weighted by Crippen LogP contribution is -1.99. The van der Waals surface area contributed by atoms with Gasteiger partial charge in [0, 0.05) is 12.8 Å². The first kappa shape index (κ1) is 28.9. The molecule has 0 amide bonds. The average Bonchev–Trinajstić information content (AvgIpc) is 3.45. The third kappa shape index (κ3) is 6.89. The summed E-state index contributed by atoms with van der Waals surface area (Å²) in [5.41, 5.74) is 0.0709. The molecule has 0 aromatic carbocycles. The molecule has 0 atom stereocenters. The summed E-state index contributed by atoms with van der Waals surface area (Å²) in [4.78, 5) is 26.9. The number of thiophene rings is 2. The fraction of sp³-hybridized carbons (Fsp3) is 0.500. The molecular weight excluding hydrogens is 488 g/mol. The number of ketones is 2. The Labute approximate surface area is 221 Å². The average molecular weight is 519 g/mol. The number of hydrogen-bond donors (Lipinski definition) is 0. The molecule has 0 aliphatic rings. The highest BCUT2D eigenvalue weighted by Crippen LogP contribution is 2.44. The molecule has 6 nitrogen and oxygen atoms in total. The molecule has 2 aromatic heterocycles. The van der Waals surface area contributed by atoms with Gasteiger partial charge in [-0.3, -0.25) is 9.59 Å². The summed E-state index contributed by atoms with van der Waals surface area (Å²) >= 11 is 2.02. The maximum atomic E-state index is 12.9. The van der Waals surface area contributed by atoms with Crippen LogP contribution < -0.4 is 0 Å². The molecule has 0 saturated heterocycles. The summed E-state index contributed by atoms with van der Waals surface area (Å²) in [6, 6.07) is 8.03. The number of Topliss-reactive ketones (excluding diaryl/α,β-unsaturated/α-hetero) is 2. The zero-order chi connectivity index (χ0) is 26.5. The maximum Gasteiger partial charge on any atom is 0.174 e. The Morgan fingerprint density at radius 3 is 1.19 bits per heavy atom. The van der Waals surface area contributed by atoms with Crippen molar-refractivity contribution in [3.63, 3.8) is 0 Å². The number of nitriles is 4. The van der Waals surface area contributed by atoms with Crippen LogP contribution in [-0.4, -0.2) is 11.6 Å². The van der Waals surface area contributed by atoms with Crippen LogP contribution in [0.1, 0.15) is 132 Å². The van der Waals surface area contributed by atoms with Gasteiger partial charge in [-0.05, 0) is 12.8 Å². The number of carbonyl (C=O) groups is 2. The van der Waals surface area contributed by atoms with Crippen molar-refractivity contribution < 1.29 is 9.59 Å². The number of hydrogen-bond acceptors (Lipinski definition) is 8. The van der Waals surface area contributed by atoms with Gasteiger partial charge in [-0.2, -0.15) is 21.0 Å². The minimum absolute atomic E-state index is 0.00987. The van der Waals surface area contributed by atoms with Gasteiger partial charge < -0.3 is 0 Å². The predicted molar refractivity (Wildman–Crippen MR) is 142 cm³/mol. The van der Waals surface area contributed by atoms with Gasteiger partial charge in [-0.15, -0.1) is 22.7 Å². The van der Waals surface area contributed by atoms with Crippen molar-refractivity contribution in [3.05, 3.63) is 32.0 Å². The molecule has 186 valence electrons. The highest BCUT2D eigenvalue weighted by Gasteiger charge is 2.30. The molecule has 8 heteroatoms. The van der Waals surface area contributed by atoms with Crippen molar-refractivity contribution in [3.8, 4) is 34.0 Å². The van der Waals surface area contributed by atoms with E-state index >= 15 is 0 Å².